The Morgan fingerprint density at radius 3 is 1.75 bits per heavy atom. The van der Waals surface area contributed by atoms with Gasteiger partial charge in [0.15, 0.2) is 5.78 Å². The maximum atomic E-state index is 13.2. The normalized spacial score (nSPS) is 10.9. The van der Waals surface area contributed by atoms with E-state index in [4.69, 9.17) is 9.57 Å². The summed E-state index contributed by atoms with van der Waals surface area (Å²) in [6.07, 6.45) is 6.30. The Morgan fingerprint density at radius 2 is 1.25 bits per heavy atom. The SMILES string of the molecule is CON(C)C(=O)c1cn(Cc2cccc(Br)n2)c2ncccc2c1=O.COc1ccc(C(=O)c2cn(Cc3cccc(Br)n3)c3ncccc3c2=O)cc1C. The number of aromatic nitrogens is 6. The van der Waals surface area contributed by atoms with E-state index in [0.29, 0.717) is 55.7 Å². The number of halogens is 2. The highest BCUT2D eigenvalue weighted by Crippen LogP contribution is 2.21. The summed E-state index contributed by atoms with van der Waals surface area (Å²) in [7, 11) is 4.40. The van der Waals surface area contributed by atoms with Crippen molar-refractivity contribution >= 4 is 65.6 Å². The van der Waals surface area contributed by atoms with E-state index in [9.17, 15) is 19.2 Å². The zero-order chi connectivity index (χ0) is 39.2. The molecule has 0 atom stereocenters. The predicted molar refractivity (Wildman–Crippen MR) is 214 cm³/mol. The molecule has 0 bridgehead atoms. The van der Waals surface area contributed by atoms with Crippen molar-refractivity contribution < 1.29 is 19.2 Å². The van der Waals surface area contributed by atoms with Crippen LogP contribution < -0.4 is 15.6 Å². The number of aryl methyl sites for hydroxylation is 1. The van der Waals surface area contributed by atoms with Crippen molar-refractivity contribution in [3.05, 3.63) is 167 Å². The first-order valence-electron chi connectivity index (χ1n) is 16.7. The average Bonchev–Trinajstić information content (AvgIpc) is 3.19. The maximum absolute atomic E-state index is 13.2. The highest BCUT2D eigenvalue weighted by Gasteiger charge is 2.21. The van der Waals surface area contributed by atoms with Gasteiger partial charge in [-0.05, 0) is 111 Å². The van der Waals surface area contributed by atoms with Crippen LogP contribution in [0.4, 0.5) is 0 Å². The van der Waals surface area contributed by atoms with Crippen molar-refractivity contribution in [1.82, 2.24) is 34.1 Å². The lowest BCUT2D eigenvalue weighted by atomic mass is 10.0. The molecule has 0 saturated carbocycles. The molecule has 278 valence electrons. The summed E-state index contributed by atoms with van der Waals surface area (Å²) in [5.41, 5.74) is 3.19. The minimum Gasteiger partial charge on any atom is -0.496 e. The Morgan fingerprint density at radius 1 is 0.727 bits per heavy atom. The number of rotatable bonds is 9. The number of benzene rings is 1. The average molecular weight is 868 g/mol. The van der Waals surface area contributed by atoms with Gasteiger partial charge in [0.2, 0.25) is 10.9 Å². The number of ketones is 1. The van der Waals surface area contributed by atoms with Crippen LogP contribution in [0.1, 0.15) is 43.2 Å². The maximum Gasteiger partial charge on any atom is 0.282 e. The molecular formula is C40H33Br2N7O6. The minimum absolute atomic E-state index is 0.0137. The van der Waals surface area contributed by atoms with Gasteiger partial charge in [0, 0.05) is 37.4 Å². The van der Waals surface area contributed by atoms with Crippen molar-refractivity contribution in [2.45, 2.75) is 20.0 Å². The number of carbonyl (C=O) groups is 2. The van der Waals surface area contributed by atoms with Gasteiger partial charge in [-0.3, -0.25) is 24.0 Å². The summed E-state index contributed by atoms with van der Waals surface area (Å²) in [4.78, 5) is 73.8. The van der Waals surface area contributed by atoms with E-state index < -0.39 is 5.91 Å². The fraction of sp³-hybridized carbons (Fsp3) is 0.150. The summed E-state index contributed by atoms with van der Waals surface area (Å²) in [6.45, 7) is 2.59. The van der Waals surface area contributed by atoms with Gasteiger partial charge in [-0.2, -0.15) is 0 Å². The quantitative estimate of drug-likeness (QED) is 0.0908. The van der Waals surface area contributed by atoms with Crippen LogP contribution in [0.5, 0.6) is 5.75 Å². The van der Waals surface area contributed by atoms with E-state index in [1.54, 1.807) is 77.3 Å². The Bertz CT molecular complexity index is 2700. The lowest BCUT2D eigenvalue weighted by molar-refractivity contribution is -0.0758. The fourth-order valence-electron chi connectivity index (χ4n) is 5.86. The zero-order valence-corrected chi connectivity index (χ0v) is 33.2. The molecule has 0 aliphatic heterocycles. The second kappa shape index (κ2) is 17.1. The van der Waals surface area contributed by atoms with Crippen molar-refractivity contribution in [2.24, 2.45) is 0 Å². The highest BCUT2D eigenvalue weighted by molar-refractivity contribution is 9.10. The van der Waals surface area contributed by atoms with E-state index in [1.807, 2.05) is 43.3 Å². The van der Waals surface area contributed by atoms with Crippen LogP contribution >= 0.6 is 31.9 Å². The van der Waals surface area contributed by atoms with Gasteiger partial charge < -0.3 is 13.9 Å². The Hall–Kier alpha value is -5.90. The molecule has 0 radical (unpaired) electrons. The first-order valence-corrected chi connectivity index (χ1v) is 18.3. The van der Waals surface area contributed by atoms with E-state index in [2.05, 4.69) is 51.8 Å². The standard InChI is InChI=1S/C23H18BrN3O3.C17H15BrN4O3/c1-14-11-15(8-9-19(14)30-2)21(28)18-13-27(12-16-5-3-7-20(24)26-16)23-17(22(18)29)6-4-10-25-23;1-21(25-2)17(24)13-10-22(9-11-5-3-7-14(18)20-11)16-12(15(13)23)6-4-8-19-16/h3-11,13H,12H2,1-2H3;3-8,10H,9H2,1-2H3. The molecule has 0 spiro atoms. The summed E-state index contributed by atoms with van der Waals surface area (Å²) >= 11 is 6.71. The zero-order valence-electron chi connectivity index (χ0n) is 30.1. The first-order chi connectivity index (χ1) is 26.5. The molecule has 15 heteroatoms. The number of carbonyl (C=O) groups excluding carboxylic acids is 2. The molecule has 0 saturated heterocycles. The molecule has 1 amide bonds. The number of fused-ring (bicyclic) bond motifs is 2. The third-order valence-electron chi connectivity index (χ3n) is 8.57. The minimum atomic E-state index is -0.519. The van der Waals surface area contributed by atoms with Gasteiger partial charge in [-0.1, -0.05) is 12.1 Å². The lowest BCUT2D eigenvalue weighted by Crippen LogP contribution is -2.31. The Kier molecular flexibility index (Phi) is 12.0. The number of methoxy groups -OCH3 is 1. The second-order valence-corrected chi connectivity index (χ2v) is 13.8. The fourth-order valence-corrected chi connectivity index (χ4v) is 6.62. The lowest BCUT2D eigenvalue weighted by Gasteiger charge is -2.16. The number of nitrogens with zero attached hydrogens (tertiary/aromatic N) is 7. The number of pyridine rings is 6. The molecule has 7 rings (SSSR count). The monoisotopic (exact) mass is 865 g/mol. The highest BCUT2D eigenvalue weighted by atomic mass is 79.9. The summed E-state index contributed by atoms with van der Waals surface area (Å²) in [5.74, 6) is -0.172. The molecule has 0 N–H and O–H groups in total. The number of hydroxylamine groups is 2. The number of amides is 1. The summed E-state index contributed by atoms with van der Waals surface area (Å²) in [6, 6.07) is 23.0. The third-order valence-corrected chi connectivity index (χ3v) is 9.45. The molecule has 0 unspecified atom stereocenters. The molecule has 6 heterocycles. The topological polar surface area (TPSA) is 151 Å². The molecule has 0 aliphatic rings. The van der Waals surface area contributed by atoms with Crippen LogP contribution in [-0.4, -0.2) is 67.1 Å². The van der Waals surface area contributed by atoms with E-state index >= 15 is 0 Å². The van der Waals surface area contributed by atoms with Crippen molar-refractivity contribution in [1.29, 1.82) is 0 Å². The van der Waals surface area contributed by atoms with Gasteiger partial charge in [-0.25, -0.2) is 25.0 Å². The van der Waals surface area contributed by atoms with Crippen LogP contribution in [0.25, 0.3) is 22.1 Å². The van der Waals surface area contributed by atoms with Crippen LogP contribution in [0, 0.1) is 6.92 Å². The van der Waals surface area contributed by atoms with Crippen LogP contribution in [0.3, 0.4) is 0 Å². The Labute approximate surface area is 331 Å². The molecule has 0 fully saturated rings. The van der Waals surface area contributed by atoms with Crippen molar-refractivity contribution in [3.8, 4) is 5.75 Å². The number of hydrogen-bond acceptors (Lipinski definition) is 10. The Balaban J connectivity index is 0.000000190. The predicted octanol–water partition coefficient (Wildman–Crippen LogP) is 6.39. The van der Waals surface area contributed by atoms with E-state index in [1.165, 1.54) is 20.4 Å². The van der Waals surface area contributed by atoms with Crippen LogP contribution in [0.2, 0.25) is 0 Å². The number of hydrogen-bond donors (Lipinski definition) is 0. The molecular weight excluding hydrogens is 834 g/mol. The van der Waals surface area contributed by atoms with E-state index in [0.717, 1.165) is 22.0 Å². The van der Waals surface area contributed by atoms with Crippen LogP contribution in [-0.2, 0) is 17.9 Å². The molecule has 6 aromatic heterocycles. The van der Waals surface area contributed by atoms with Gasteiger partial charge >= 0.3 is 0 Å². The summed E-state index contributed by atoms with van der Waals surface area (Å²) in [5, 5.41) is 1.78. The largest absolute Gasteiger partial charge is 0.496 e. The van der Waals surface area contributed by atoms with Gasteiger partial charge in [0.05, 0.1) is 55.0 Å². The van der Waals surface area contributed by atoms with Gasteiger partial charge in [0.25, 0.3) is 5.91 Å². The molecule has 13 nitrogen and oxygen atoms in total. The van der Waals surface area contributed by atoms with E-state index in [-0.39, 0.29) is 27.8 Å². The van der Waals surface area contributed by atoms with Gasteiger partial charge in [-0.15, -0.1) is 0 Å². The third kappa shape index (κ3) is 8.59. The summed E-state index contributed by atoms with van der Waals surface area (Å²) < 4.78 is 10.2. The van der Waals surface area contributed by atoms with Gasteiger partial charge in [0.1, 0.15) is 31.8 Å². The second-order valence-electron chi connectivity index (χ2n) is 12.2. The first kappa shape index (κ1) is 38.8. The number of ether oxygens (including phenoxy) is 1. The van der Waals surface area contributed by atoms with Crippen molar-refractivity contribution in [2.75, 3.05) is 21.3 Å². The molecule has 0 aliphatic carbocycles. The van der Waals surface area contributed by atoms with Crippen LogP contribution in [0.15, 0.2) is 122 Å². The molecule has 7 aromatic rings. The molecule has 1 aromatic carbocycles. The smallest absolute Gasteiger partial charge is 0.282 e. The molecule has 55 heavy (non-hydrogen) atoms. The van der Waals surface area contributed by atoms with Crippen molar-refractivity contribution in [3.63, 3.8) is 0 Å².